The molecule has 0 radical (unpaired) electrons. The Morgan fingerprint density at radius 3 is 2.71 bits per heavy atom. The zero-order valence-electron chi connectivity index (χ0n) is 18.4. The van der Waals surface area contributed by atoms with Gasteiger partial charge in [-0.1, -0.05) is 34.1 Å². The molecule has 1 amide bonds. The summed E-state index contributed by atoms with van der Waals surface area (Å²) in [4.78, 5) is 25.1. The van der Waals surface area contributed by atoms with Crippen molar-refractivity contribution in [2.75, 3.05) is 18.5 Å². The van der Waals surface area contributed by atoms with E-state index in [9.17, 15) is 19.2 Å². The lowest BCUT2D eigenvalue weighted by molar-refractivity contribution is -0.139. The van der Waals surface area contributed by atoms with Gasteiger partial charge in [0.2, 0.25) is 5.88 Å². The maximum atomic E-state index is 14.0. The van der Waals surface area contributed by atoms with E-state index in [-0.39, 0.29) is 40.8 Å². The predicted molar refractivity (Wildman–Crippen MR) is 125 cm³/mol. The fourth-order valence-corrected chi connectivity index (χ4v) is 3.77. The highest BCUT2D eigenvalue weighted by Gasteiger charge is 2.37. The topological polar surface area (TPSA) is 124 Å². The molecule has 8 nitrogen and oxygen atoms in total. The number of hydrogen-bond donors (Lipinski definition) is 2. The summed E-state index contributed by atoms with van der Waals surface area (Å²) in [6.45, 7) is 2.87. The molecule has 176 valence electrons. The Morgan fingerprint density at radius 2 is 2.03 bits per heavy atom. The van der Waals surface area contributed by atoms with Crippen LogP contribution in [0.5, 0.6) is 5.75 Å². The molecule has 0 saturated carbocycles. The second kappa shape index (κ2) is 10.9. The van der Waals surface area contributed by atoms with Crippen molar-refractivity contribution in [2.45, 2.75) is 19.8 Å². The van der Waals surface area contributed by atoms with Crippen molar-refractivity contribution in [2.24, 2.45) is 5.73 Å². The minimum Gasteiger partial charge on any atom is -0.483 e. The molecule has 1 atom stereocenters. The van der Waals surface area contributed by atoms with Gasteiger partial charge >= 0.3 is 5.97 Å². The molecule has 10 heteroatoms. The lowest BCUT2D eigenvalue weighted by atomic mass is 9.82. The van der Waals surface area contributed by atoms with Crippen LogP contribution in [0.4, 0.5) is 10.1 Å². The summed E-state index contributed by atoms with van der Waals surface area (Å²) in [6.07, 6.45) is 0. The van der Waals surface area contributed by atoms with E-state index >= 15 is 0 Å². The van der Waals surface area contributed by atoms with Crippen LogP contribution in [0, 0.1) is 17.1 Å². The minimum atomic E-state index is -0.930. The smallest absolute Gasteiger partial charge is 0.338 e. The quantitative estimate of drug-likeness (QED) is 0.513. The van der Waals surface area contributed by atoms with E-state index in [0.717, 1.165) is 0 Å². The largest absolute Gasteiger partial charge is 0.483 e. The Kier molecular flexibility index (Phi) is 7.91. The molecule has 1 heterocycles. The molecule has 3 rings (SSSR count). The number of hydrogen-bond acceptors (Lipinski definition) is 7. The number of nitrogens with two attached hydrogens (primary N) is 1. The number of nitrogens with zero attached hydrogens (tertiary/aromatic N) is 1. The number of benzene rings is 2. The highest BCUT2D eigenvalue weighted by molar-refractivity contribution is 9.10. The first-order valence-electron chi connectivity index (χ1n) is 10.2. The summed E-state index contributed by atoms with van der Waals surface area (Å²) in [6, 6.07) is 12.8. The number of nitriles is 1. The van der Waals surface area contributed by atoms with E-state index in [1.165, 1.54) is 12.1 Å². The van der Waals surface area contributed by atoms with Gasteiger partial charge in [-0.15, -0.1) is 0 Å². The first-order valence-corrected chi connectivity index (χ1v) is 11.0. The Bertz CT molecular complexity index is 1240. The minimum absolute atomic E-state index is 0.000133. The molecule has 0 aromatic heterocycles. The molecule has 1 aliphatic heterocycles. The van der Waals surface area contributed by atoms with Gasteiger partial charge in [0.05, 0.1) is 23.8 Å². The van der Waals surface area contributed by atoms with Gasteiger partial charge in [-0.3, -0.25) is 4.79 Å². The van der Waals surface area contributed by atoms with Crippen molar-refractivity contribution in [1.29, 1.82) is 5.26 Å². The van der Waals surface area contributed by atoms with Crippen LogP contribution in [-0.4, -0.2) is 25.1 Å². The average Bonchev–Trinajstić information content (AvgIpc) is 2.79. The van der Waals surface area contributed by atoms with Gasteiger partial charge in [0.15, 0.2) is 6.61 Å². The third-order valence-electron chi connectivity index (χ3n) is 4.89. The van der Waals surface area contributed by atoms with Gasteiger partial charge in [-0.25, -0.2) is 9.18 Å². The number of para-hydroxylation sites is 1. The number of carbonyl (C=O) groups is 2. The standard InChI is InChI=1S/C24H21BrFN3O5/c1-3-32-24(31)21-13(2)34-23(28)16(11-27)22(21)15-6-4-5-7-19(15)33-12-20(30)29-18-9-8-14(25)10-17(18)26/h4-10,22H,3,12,28H2,1-2H3,(H,29,30). The summed E-state index contributed by atoms with van der Waals surface area (Å²) in [7, 11) is 0. The van der Waals surface area contributed by atoms with E-state index in [1.807, 2.05) is 6.07 Å². The number of amides is 1. The summed E-state index contributed by atoms with van der Waals surface area (Å²) in [5.41, 5.74) is 6.45. The normalized spacial score (nSPS) is 15.3. The highest BCUT2D eigenvalue weighted by Crippen LogP contribution is 2.42. The molecular formula is C24H21BrFN3O5. The second-order valence-electron chi connectivity index (χ2n) is 7.11. The van der Waals surface area contributed by atoms with Crippen molar-refractivity contribution in [1.82, 2.24) is 0 Å². The molecule has 2 aromatic rings. The zero-order chi connectivity index (χ0) is 24.8. The molecule has 1 aliphatic rings. The fourth-order valence-electron chi connectivity index (χ4n) is 3.44. The molecule has 2 aromatic carbocycles. The van der Waals surface area contributed by atoms with Crippen LogP contribution >= 0.6 is 15.9 Å². The third-order valence-corrected chi connectivity index (χ3v) is 5.39. The van der Waals surface area contributed by atoms with Crippen LogP contribution in [0.3, 0.4) is 0 Å². The molecule has 3 N–H and O–H groups in total. The summed E-state index contributed by atoms with van der Waals surface area (Å²) in [5, 5.41) is 12.2. The first-order chi connectivity index (χ1) is 16.3. The number of nitrogens with one attached hydrogen (secondary N) is 1. The number of ether oxygens (including phenoxy) is 3. The van der Waals surface area contributed by atoms with Crippen LogP contribution in [0.25, 0.3) is 0 Å². The van der Waals surface area contributed by atoms with Crippen molar-refractivity contribution in [3.8, 4) is 11.8 Å². The number of allylic oxidation sites excluding steroid dienone is 2. The van der Waals surface area contributed by atoms with Crippen molar-refractivity contribution >= 4 is 33.5 Å². The second-order valence-corrected chi connectivity index (χ2v) is 8.03. The van der Waals surface area contributed by atoms with Crippen molar-refractivity contribution in [3.05, 3.63) is 81.1 Å². The SMILES string of the molecule is CCOC(=O)C1=C(C)OC(N)=C(C#N)C1c1ccccc1OCC(=O)Nc1ccc(Br)cc1F. The number of carbonyl (C=O) groups excluding carboxylic acids is 2. The van der Waals surface area contributed by atoms with Crippen LogP contribution in [0.2, 0.25) is 0 Å². The average molecular weight is 530 g/mol. The van der Waals surface area contributed by atoms with Gasteiger partial charge in [0.25, 0.3) is 5.91 Å². The predicted octanol–water partition coefficient (Wildman–Crippen LogP) is 4.25. The molecule has 0 saturated heterocycles. The molecule has 34 heavy (non-hydrogen) atoms. The van der Waals surface area contributed by atoms with Crippen LogP contribution in [0.15, 0.2) is 69.7 Å². The number of anilines is 1. The number of rotatable bonds is 7. The summed E-state index contributed by atoms with van der Waals surface area (Å²) < 4.78 is 30.8. The summed E-state index contributed by atoms with van der Waals surface area (Å²) in [5.74, 6) is -2.52. The molecule has 0 aliphatic carbocycles. The van der Waals surface area contributed by atoms with E-state index in [4.69, 9.17) is 19.9 Å². The lowest BCUT2D eigenvalue weighted by Gasteiger charge is -2.28. The maximum absolute atomic E-state index is 14.0. The lowest BCUT2D eigenvalue weighted by Crippen LogP contribution is -2.26. The van der Waals surface area contributed by atoms with Crippen molar-refractivity contribution in [3.63, 3.8) is 0 Å². The van der Waals surface area contributed by atoms with E-state index in [2.05, 4.69) is 21.2 Å². The van der Waals surface area contributed by atoms with Gasteiger partial charge < -0.3 is 25.3 Å². The fraction of sp³-hybridized carbons (Fsp3) is 0.208. The first kappa shape index (κ1) is 24.8. The number of halogens is 2. The van der Waals surface area contributed by atoms with E-state index in [0.29, 0.717) is 10.0 Å². The van der Waals surface area contributed by atoms with Crippen LogP contribution < -0.4 is 15.8 Å². The van der Waals surface area contributed by atoms with Gasteiger partial charge in [0.1, 0.15) is 29.0 Å². The maximum Gasteiger partial charge on any atom is 0.338 e. The highest BCUT2D eigenvalue weighted by atomic mass is 79.9. The van der Waals surface area contributed by atoms with E-state index < -0.39 is 30.2 Å². The Morgan fingerprint density at radius 1 is 1.29 bits per heavy atom. The molecule has 0 bridgehead atoms. The molecular weight excluding hydrogens is 509 g/mol. The molecule has 0 fully saturated rings. The zero-order valence-corrected chi connectivity index (χ0v) is 19.9. The monoisotopic (exact) mass is 529 g/mol. The van der Waals surface area contributed by atoms with Gasteiger partial charge in [0, 0.05) is 10.0 Å². The Hall–Kier alpha value is -3.84. The molecule has 1 unspecified atom stereocenters. The third kappa shape index (κ3) is 5.38. The summed E-state index contributed by atoms with van der Waals surface area (Å²) >= 11 is 3.15. The van der Waals surface area contributed by atoms with E-state index in [1.54, 1.807) is 44.2 Å². The van der Waals surface area contributed by atoms with Gasteiger partial charge in [-0.2, -0.15) is 5.26 Å². The Balaban J connectivity index is 1.90. The molecule has 0 spiro atoms. The number of esters is 1. The van der Waals surface area contributed by atoms with Gasteiger partial charge in [-0.05, 0) is 38.1 Å². The Labute approximate surface area is 203 Å². The van der Waals surface area contributed by atoms with Crippen LogP contribution in [-0.2, 0) is 19.1 Å². The van der Waals surface area contributed by atoms with Crippen molar-refractivity contribution < 1.29 is 28.2 Å². The van der Waals surface area contributed by atoms with Crippen LogP contribution in [0.1, 0.15) is 25.3 Å².